The van der Waals surface area contributed by atoms with Crippen LogP contribution in [0.3, 0.4) is 0 Å². The maximum atomic E-state index is 9.69. The third kappa shape index (κ3) is 3.65. The van der Waals surface area contributed by atoms with Gasteiger partial charge in [0.1, 0.15) is 0 Å². The van der Waals surface area contributed by atoms with Crippen molar-refractivity contribution in [3.05, 3.63) is 6.92 Å². The summed E-state index contributed by atoms with van der Waals surface area (Å²) in [7, 11) is 0. The lowest BCUT2D eigenvalue weighted by atomic mass is 10.1. The predicted molar refractivity (Wildman–Crippen MR) is 33.2 cm³/mol. The molecule has 1 unspecified atom stereocenters. The first-order valence-corrected chi connectivity index (χ1v) is 2.77. The van der Waals surface area contributed by atoms with Crippen LogP contribution in [-0.2, 0) is 4.79 Å². The minimum absolute atomic E-state index is 0.500. The third-order valence-electron chi connectivity index (χ3n) is 1.04. The van der Waals surface area contributed by atoms with Crippen molar-refractivity contribution in [1.82, 2.24) is 5.32 Å². The molecule has 0 fully saturated rings. The van der Waals surface area contributed by atoms with E-state index in [2.05, 4.69) is 12.2 Å². The van der Waals surface area contributed by atoms with Gasteiger partial charge in [0.15, 0.2) is 0 Å². The normalized spacial score (nSPS) is 12.8. The van der Waals surface area contributed by atoms with Crippen molar-refractivity contribution in [1.29, 1.82) is 0 Å². The Kier molecular flexibility index (Phi) is 4.32. The van der Waals surface area contributed by atoms with Gasteiger partial charge in [0.25, 0.3) is 0 Å². The minimum atomic E-state index is 0.500. The highest BCUT2D eigenvalue weighted by Crippen LogP contribution is 1.95. The predicted octanol–water partition coefficient (Wildman–Crippen LogP) is 0.593. The Balaban J connectivity index is 2.97. The zero-order valence-corrected chi connectivity index (χ0v) is 5.18. The smallest absolute Gasteiger partial charge is 0.207 e. The number of amides is 1. The Bertz CT molecular complexity index is 63.5. The zero-order chi connectivity index (χ0) is 6.41. The first-order valence-electron chi connectivity index (χ1n) is 2.77. The Morgan fingerprint density at radius 1 is 1.88 bits per heavy atom. The Morgan fingerprint density at radius 3 is 2.88 bits per heavy atom. The second kappa shape index (κ2) is 4.62. The molecule has 1 radical (unpaired) electrons. The fourth-order valence-electron chi connectivity index (χ4n) is 0.351. The summed E-state index contributed by atoms with van der Waals surface area (Å²) in [4.78, 5) is 9.69. The molecule has 0 rings (SSSR count). The quantitative estimate of drug-likeness (QED) is 0.532. The van der Waals surface area contributed by atoms with E-state index in [1.54, 1.807) is 0 Å². The molecule has 8 heavy (non-hydrogen) atoms. The van der Waals surface area contributed by atoms with Crippen LogP contribution in [0.25, 0.3) is 0 Å². The van der Waals surface area contributed by atoms with E-state index in [0.29, 0.717) is 12.3 Å². The summed E-state index contributed by atoms with van der Waals surface area (Å²) in [6, 6.07) is 0. The average molecular weight is 114 g/mol. The van der Waals surface area contributed by atoms with Crippen LogP contribution in [-0.4, -0.2) is 13.0 Å². The molecule has 1 N–H and O–H groups in total. The van der Waals surface area contributed by atoms with Crippen LogP contribution >= 0.6 is 0 Å². The van der Waals surface area contributed by atoms with Crippen LogP contribution in [0.5, 0.6) is 0 Å². The molecule has 0 bridgehead atoms. The van der Waals surface area contributed by atoms with E-state index < -0.39 is 0 Å². The van der Waals surface area contributed by atoms with E-state index in [1.165, 1.54) is 0 Å². The Labute approximate surface area is 50.3 Å². The number of rotatable bonds is 4. The molecule has 0 spiro atoms. The molecule has 47 valence electrons. The maximum Gasteiger partial charge on any atom is 0.207 e. The van der Waals surface area contributed by atoms with Crippen molar-refractivity contribution >= 4 is 6.41 Å². The lowest BCUT2D eigenvalue weighted by molar-refractivity contribution is -0.109. The second-order valence-electron chi connectivity index (χ2n) is 1.92. The fourth-order valence-corrected chi connectivity index (χ4v) is 0.351. The van der Waals surface area contributed by atoms with Gasteiger partial charge in [-0.05, 0) is 12.3 Å². The van der Waals surface area contributed by atoms with Crippen molar-refractivity contribution in [2.75, 3.05) is 6.54 Å². The van der Waals surface area contributed by atoms with E-state index in [1.807, 2.05) is 6.92 Å². The first kappa shape index (κ1) is 7.47. The number of carbonyl (C=O) groups excluding carboxylic acids is 1. The van der Waals surface area contributed by atoms with E-state index in [-0.39, 0.29) is 0 Å². The summed E-state index contributed by atoms with van der Waals surface area (Å²) in [5, 5.41) is 2.58. The molecular weight excluding hydrogens is 102 g/mol. The summed E-state index contributed by atoms with van der Waals surface area (Å²) in [5.74, 6) is 0.500. The molecule has 0 aliphatic rings. The summed E-state index contributed by atoms with van der Waals surface area (Å²) >= 11 is 0. The Hall–Kier alpha value is -0.530. The van der Waals surface area contributed by atoms with Gasteiger partial charge >= 0.3 is 0 Å². The van der Waals surface area contributed by atoms with Crippen molar-refractivity contribution < 1.29 is 4.79 Å². The van der Waals surface area contributed by atoms with Gasteiger partial charge in [0, 0.05) is 6.54 Å². The summed E-state index contributed by atoms with van der Waals surface area (Å²) in [5.41, 5.74) is 0. The number of nitrogens with one attached hydrogen (secondary N) is 1. The topological polar surface area (TPSA) is 29.1 Å². The number of hydrogen-bond donors (Lipinski definition) is 1. The van der Waals surface area contributed by atoms with Gasteiger partial charge < -0.3 is 5.32 Å². The van der Waals surface area contributed by atoms with Gasteiger partial charge in [-0.25, -0.2) is 0 Å². The van der Waals surface area contributed by atoms with Gasteiger partial charge in [0.05, 0.1) is 0 Å². The molecular formula is C6H12NO. The average Bonchev–Trinajstić information content (AvgIpc) is 1.83. The molecule has 0 heterocycles. The molecule has 0 aromatic rings. The van der Waals surface area contributed by atoms with Crippen molar-refractivity contribution in [2.45, 2.75) is 13.3 Å². The molecule has 0 aliphatic heterocycles. The van der Waals surface area contributed by atoms with E-state index in [4.69, 9.17) is 0 Å². The molecule has 0 saturated carbocycles. The van der Waals surface area contributed by atoms with Crippen LogP contribution in [0, 0.1) is 12.8 Å². The maximum absolute atomic E-state index is 9.69. The monoisotopic (exact) mass is 114 g/mol. The van der Waals surface area contributed by atoms with E-state index >= 15 is 0 Å². The van der Waals surface area contributed by atoms with Crippen molar-refractivity contribution in [3.63, 3.8) is 0 Å². The van der Waals surface area contributed by atoms with Crippen molar-refractivity contribution in [2.24, 2.45) is 5.92 Å². The molecule has 0 aromatic carbocycles. The lowest BCUT2D eigenvalue weighted by Crippen LogP contribution is -2.18. The van der Waals surface area contributed by atoms with Crippen LogP contribution in [0.1, 0.15) is 13.3 Å². The number of carbonyl (C=O) groups is 1. The summed E-state index contributed by atoms with van der Waals surface area (Å²) in [6.45, 7) is 6.47. The van der Waals surface area contributed by atoms with Crippen molar-refractivity contribution in [3.8, 4) is 0 Å². The SMILES string of the molecule is [CH2]CC(C)CNC=O. The third-order valence-corrected chi connectivity index (χ3v) is 1.04. The van der Waals surface area contributed by atoms with Gasteiger partial charge in [0.2, 0.25) is 6.41 Å². The molecule has 1 atom stereocenters. The lowest BCUT2D eigenvalue weighted by Gasteiger charge is -2.04. The van der Waals surface area contributed by atoms with Gasteiger partial charge in [-0.15, -0.1) is 0 Å². The van der Waals surface area contributed by atoms with Gasteiger partial charge in [-0.3, -0.25) is 4.79 Å². The van der Waals surface area contributed by atoms with Crippen LogP contribution in [0.4, 0.5) is 0 Å². The first-order chi connectivity index (χ1) is 3.81. The zero-order valence-electron chi connectivity index (χ0n) is 5.18. The largest absolute Gasteiger partial charge is 0.358 e. The molecule has 0 saturated heterocycles. The van der Waals surface area contributed by atoms with E-state index in [0.717, 1.165) is 13.0 Å². The van der Waals surface area contributed by atoms with Crippen LogP contribution in [0.2, 0.25) is 0 Å². The molecule has 1 amide bonds. The fraction of sp³-hybridized carbons (Fsp3) is 0.667. The highest BCUT2D eigenvalue weighted by molar-refractivity contribution is 5.45. The number of hydrogen-bond acceptors (Lipinski definition) is 1. The molecule has 2 heteroatoms. The summed E-state index contributed by atoms with van der Waals surface area (Å²) in [6.07, 6.45) is 1.59. The molecule has 0 aliphatic carbocycles. The standard InChI is InChI=1S/C6H12NO/c1-3-6(2)4-7-5-8/h5-6H,1,3-4H2,2H3,(H,7,8). The minimum Gasteiger partial charge on any atom is -0.358 e. The highest BCUT2D eigenvalue weighted by Gasteiger charge is 1.93. The van der Waals surface area contributed by atoms with E-state index in [9.17, 15) is 4.79 Å². The van der Waals surface area contributed by atoms with Crippen LogP contribution < -0.4 is 5.32 Å². The molecule has 2 nitrogen and oxygen atoms in total. The Morgan fingerprint density at radius 2 is 2.50 bits per heavy atom. The summed E-state index contributed by atoms with van der Waals surface area (Å²) < 4.78 is 0. The highest BCUT2D eigenvalue weighted by atomic mass is 16.1. The second-order valence-corrected chi connectivity index (χ2v) is 1.92. The van der Waals surface area contributed by atoms with Gasteiger partial charge in [-0.2, -0.15) is 0 Å². The molecule has 0 aromatic heterocycles. The van der Waals surface area contributed by atoms with Crippen LogP contribution in [0.15, 0.2) is 0 Å². The van der Waals surface area contributed by atoms with Gasteiger partial charge in [-0.1, -0.05) is 13.8 Å².